The van der Waals surface area contributed by atoms with E-state index in [4.69, 9.17) is 9.84 Å². The van der Waals surface area contributed by atoms with Gasteiger partial charge in [-0.05, 0) is 30.5 Å². The van der Waals surface area contributed by atoms with Crippen LogP contribution < -0.4 is 0 Å². The monoisotopic (exact) mass is 291 g/mol. The molecule has 0 bridgehead atoms. The highest BCUT2D eigenvalue weighted by molar-refractivity contribution is 5.96. The zero-order valence-corrected chi connectivity index (χ0v) is 12.2. The molecule has 1 fully saturated rings. The number of aliphatic hydroxyl groups is 1. The number of esters is 1. The lowest BCUT2D eigenvalue weighted by molar-refractivity contribution is -0.141. The van der Waals surface area contributed by atoms with Gasteiger partial charge in [-0.2, -0.15) is 0 Å². The minimum atomic E-state index is -0.401. The molecule has 1 aromatic carbocycles. The first-order valence-corrected chi connectivity index (χ1v) is 7.23. The van der Waals surface area contributed by atoms with Crippen LogP contribution in [-0.4, -0.2) is 41.6 Å². The summed E-state index contributed by atoms with van der Waals surface area (Å²) >= 11 is 0. The molecule has 0 aliphatic heterocycles. The molecule has 1 aliphatic carbocycles. The molecule has 0 spiro atoms. The molecule has 0 heterocycles. The molecular weight excluding hydrogens is 270 g/mol. The van der Waals surface area contributed by atoms with Crippen LogP contribution in [0.25, 0.3) is 0 Å². The third-order valence-corrected chi connectivity index (χ3v) is 3.94. The summed E-state index contributed by atoms with van der Waals surface area (Å²) in [7, 11) is 1.33. The maximum absolute atomic E-state index is 12.6. The number of carbonyl (C=O) groups is 2. The van der Waals surface area contributed by atoms with Crippen molar-refractivity contribution in [2.24, 2.45) is 0 Å². The van der Waals surface area contributed by atoms with E-state index in [-0.39, 0.29) is 25.1 Å². The first-order chi connectivity index (χ1) is 10.2. The van der Waals surface area contributed by atoms with Crippen LogP contribution in [0.4, 0.5) is 0 Å². The lowest BCUT2D eigenvalue weighted by atomic mass is 10.1. The largest absolute Gasteiger partial charge is 0.468 e. The topological polar surface area (TPSA) is 66.8 Å². The summed E-state index contributed by atoms with van der Waals surface area (Å²) in [4.78, 5) is 25.8. The van der Waals surface area contributed by atoms with E-state index in [2.05, 4.69) is 0 Å². The molecule has 0 unspecified atom stereocenters. The third kappa shape index (κ3) is 3.82. The van der Waals surface area contributed by atoms with Crippen molar-refractivity contribution >= 4 is 11.9 Å². The van der Waals surface area contributed by atoms with E-state index in [0.29, 0.717) is 5.56 Å². The molecule has 114 valence electrons. The Morgan fingerprint density at radius 2 is 1.86 bits per heavy atom. The van der Waals surface area contributed by atoms with Gasteiger partial charge in [-0.1, -0.05) is 25.0 Å². The summed E-state index contributed by atoms with van der Waals surface area (Å²) in [6.07, 6.45) is 4.02. The van der Waals surface area contributed by atoms with Crippen LogP contribution in [-0.2, 0) is 16.1 Å². The van der Waals surface area contributed by atoms with Gasteiger partial charge in [0.1, 0.15) is 6.54 Å². The minimum Gasteiger partial charge on any atom is -0.468 e. The minimum absolute atomic E-state index is 0.0122. The number of amides is 1. The van der Waals surface area contributed by atoms with Crippen LogP contribution in [0.3, 0.4) is 0 Å². The Morgan fingerprint density at radius 3 is 2.38 bits per heavy atom. The van der Waals surface area contributed by atoms with Gasteiger partial charge in [-0.25, -0.2) is 0 Å². The van der Waals surface area contributed by atoms with Crippen molar-refractivity contribution < 1.29 is 19.4 Å². The Labute approximate surface area is 124 Å². The van der Waals surface area contributed by atoms with Crippen molar-refractivity contribution in [2.75, 3.05) is 13.7 Å². The fourth-order valence-electron chi connectivity index (χ4n) is 2.70. The Hall–Kier alpha value is -1.88. The highest BCUT2D eigenvalue weighted by Crippen LogP contribution is 2.25. The fourth-order valence-corrected chi connectivity index (χ4v) is 2.70. The van der Waals surface area contributed by atoms with Crippen molar-refractivity contribution in [1.82, 2.24) is 4.90 Å². The van der Waals surface area contributed by atoms with E-state index < -0.39 is 5.97 Å². The van der Waals surface area contributed by atoms with Crippen LogP contribution in [0.15, 0.2) is 24.3 Å². The van der Waals surface area contributed by atoms with Crippen molar-refractivity contribution in [3.8, 4) is 0 Å². The maximum Gasteiger partial charge on any atom is 0.325 e. The maximum atomic E-state index is 12.6. The number of hydrogen-bond acceptors (Lipinski definition) is 4. The number of aliphatic hydroxyl groups excluding tert-OH is 1. The van der Waals surface area contributed by atoms with Gasteiger partial charge in [-0.3, -0.25) is 9.59 Å². The Morgan fingerprint density at radius 1 is 1.24 bits per heavy atom. The lowest BCUT2D eigenvalue weighted by Crippen LogP contribution is -2.42. The average Bonchev–Trinajstić information content (AvgIpc) is 3.06. The molecule has 0 saturated heterocycles. The summed E-state index contributed by atoms with van der Waals surface area (Å²) in [5.74, 6) is -0.556. The second-order valence-electron chi connectivity index (χ2n) is 5.30. The molecule has 5 heteroatoms. The summed E-state index contributed by atoms with van der Waals surface area (Å²) in [5, 5.41) is 9.04. The van der Waals surface area contributed by atoms with Gasteiger partial charge < -0.3 is 14.7 Å². The molecule has 2 rings (SSSR count). The third-order valence-electron chi connectivity index (χ3n) is 3.94. The second-order valence-corrected chi connectivity index (χ2v) is 5.30. The molecule has 21 heavy (non-hydrogen) atoms. The van der Waals surface area contributed by atoms with Gasteiger partial charge in [0.25, 0.3) is 5.91 Å². The molecule has 0 radical (unpaired) electrons. The van der Waals surface area contributed by atoms with Gasteiger partial charge in [0.15, 0.2) is 0 Å². The van der Waals surface area contributed by atoms with Gasteiger partial charge >= 0.3 is 5.97 Å². The van der Waals surface area contributed by atoms with Crippen molar-refractivity contribution in [2.45, 2.75) is 38.3 Å². The molecular formula is C16H21NO4. The van der Waals surface area contributed by atoms with E-state index in [1.54, 1.807) is 29.2 Å². The van der Waals surface area contributed by atoms with E-state index in [1.807, 2.05) is 0 Å². The number of benzene rings is 1. The summed E-state index contributed by atoms with van der Waals surface area (Å²) in [5.41, 5.74) is 1.29. The number of ether oxygens (including phenoxy) is 1. The van der Waals surface area contributed by atoms with E-state index >= 15 is 0 Å². The smallest absolute Gasteiger partial charge is 0.325 e. The first kappa shape index (κ1) is 15.5. The molecule has 1 aliphatic rings. The van der Waals surface area contributed by atoms with Crippen LogP contribution in [0.5, 0.6) is 0 Å². The van der Waals surface area contributed by atoms with Gasteiger partial charge in [-0.15, -0.1) is 0 Å². The van der Waals surface area contributed by atoms with Gasteiger partial charge in [0.2, 0.25) is 0 Å². The Kier molecular flexibility index (Phi) is 5.33. The van der Waals surface area contributed by atoms with E-state index in [1.165, 1.54) is 7.11 Å². The second kappa shape index (κ2) is 7.22. The van der Waals surface area contributed by atoms with Crippen LogP contribution in [0.2, 0.25) is 0 Å². The number of rotatable bonds is 5. The Bertz CT molecular complexity index is 492. The first-order valence-electron chi connectivity index (χ1n) is 7.23. The predicted molar refractivity (Wildman–Crippen MR) is 77.7 cm³/mol. The molecule has 1 aromatic rings. The lowest BCUT2D eigenvalue weighted by Gasteiger charge is -2.28. The van der Waals surface area contributed by atoms with Crippen LogP contribution in [0.1, 0.15) is 41.6 Å². The molecule has 0 atom stereocenters. The molecule has 0 aromatic heterocycles. The summed E-state index contributed by atoms with van der Waals surface area (Å²) in [6.45, 7) is -0.0648. The average molecular weight is 291 g/mol. The Balaban J connectivity index is 2.17. The van der Waals surface area contributed by atoms with Gasteiger partial charge in [0, 0.05) is 11.6 Å². The molecule has 1 saturated carbocycles. The highest BCUT2D eigenvalue weighted by Gasteiger charge is 2.29. The van der Waals surface area contributed by atoms with Crippen LogP contribution in [0, 0.1) is 0 Å². The normalized spacial score (nSPS) is 15.0. The number of nitrogens with zero attached hydrogens (tertiary/aromatic N) is 1. The SMILES string of the molecule is COC(=O)CN(C(=O)c1ccc(CO)cc1)C1CCCC1. The zero-order chi connectivity index (χ0) is 15.2. The van der Waals surface area contributed by atoms with E-state index in [9.17, 15) is 9.59 Å². The standard InChI is InChI=1S/C16H21NO4/c1-21-15(19)10-17(14-4-2-3-5-14)16(20)13-8-6-12(11-18)7-9-13/h6-9,14,18H,2-5,10-11H2,1H3. The van der Waals surface area contributed by atoms with Crippen molar-refractivity contribution in [1.29, 1.82) is 0 Å². The number of carbonyl (C=O) groups excluding carboxylic acids is 2. The van der Waals surface area contributed by atoms with Crippen LogP contribution >= 0.6 is 0 Å². The molecule has 1 amide bonds. The van der Waals surface area contributed by atoms with Crippen molar-refractivity contribution in [3.63, 3.8) is 0 Å². The molecule has 1 N–H and O–H groups in total. The summed E-state index contributed by atoms with van der Waals surface area (Å²) in [6, 6.07) is 6.92. The quantitative estimate of drug-likeness (QED) is 0.839. The van der Waals surface area contributed by atoms with Crippen molar-refractivity contribution in [3.05, 3.63) is 35.4 Å². The number of hydrogen-bond donors (Lipinski definition) is 1. The summed E-state index contributed by atoms with van der Waals surface area (Å²) < 4.78 is 4.70. The van der Waals surface area contributed by atoms with E-state index in [0.717, 1.165) is 31.2 Å². The predicted octanol–water partition coefficient (Wildman–Crippen LogP) is 1.74. The fraction of sp³-hybridized carbons (Fsp3) is 0.500. The molecule has 5 nitrogen and oxygen atoms in total. The highest BCUT2D eigenvalue weighted by atomic mass is 16.5. The number of methoxy groups -OCH3 is 1. The van der Waals surface area contributed by atoms with Gasteiger partial charge in [0.05, 0.1) is 13.7 Å². The zero-order valence-electron chi connectivity index (χ0n) is 12.2.